The zero-order valence-corrected chi connectivity index (χ0v) is 14.8. The maximum Gasteiger partial charge on any atom is 0.254 e. The molecule has 1 saturated heterocycles. The quantitative estimate of drug-likeness (QED) is 0.917. The molecule has 1 aliphatic rings. The van der Waals surface area contributed by atoms with Crippen molar-refractivity contribution >= 4 is 5.91 Å². The van der Waals surface area contributed by atoms with Gasteiger partial charge in [-0.05, 0) is 31.2 Å². The predicted molar refractivity (Wildman–Crippen MR) is 97.2 cm³/mol. The molecule has 1 amide bonds. The first-order chi connectivity index (χ1) is 12.0. The van der Waals surface area contributed by atoms with E-state index in [9.17, 15) is 9.59 Å². The first kappa shape index (κ1) is 17.2. The Labute approximate surface area is 147 Å². The Morgan fingerprint density at radius 2 is 1.92 bits per heavy atom. The Bertz CT molecular complexity index is 825. The highest BCUT2D eigenvalue weighted by Crippen LogP contribution is 2.31. The third kappa shape index (κ3) is 3.44. The lowest BCUT2D eigenvalue weighted by Gasteiger charge is -2.27. The molecule has 1 aliphatic heterocycles. The number of ether oxygens (including phenoxy) is 1. The van der Waals surface area contributed by atoms with Crippen LogP contribution in [0, 0.1) is 6.92 Å². The second kappa shape index (κ2) is 7.11. The Hall–Kier alpha value is -2.60. The number of carbonyl (C=O) groups is 1. The van der Waals surface area contributed by atoms with Gasteiger partial charge >= 0.3 is 0 Å². The summed E-state index contributed by atoms with van der Waals surface area (Å²) in [6.45, 7) is 4.85. The summed E-state index contributed by atoms with van der Waals surface area (Å²) >= 11 is 0. The van der Waals surface area contributed by atoms with E-state index in [1.54, 1.807) is 37.9 Å². The third-order valence-electron chi connectivity index (χ3n) is 4.53. The average Bonchev–Trinajstić information content (AvgIpc) is 2.65. The van der Waals surface area contributed by atoms with E-state index < -0.39 is 0 Å². The molecule has 1 aromatic heterocycles. The minimum Gasteiger partial charge on any atom is -0.496 e. The second-order valence-corrected chi connectivity index (χ2v) is 6.29. The molecule has 0 radical (unpaired) electrons. The van der Waals surface area contributed by atoms with E-state index >= 15 is 0 Å². The van der Waals surface area contributed by atoms with E-state index in [1.807, 2.05) is 23.1 Å². The van der Waals surface area contributed by atoms with E-state index in [-0.39, 0.29) is 11.5 Å². The van der Waals surface area contributed by atoms with Crippen LogP contribution < -0.4 is 15.6 Å². The molecule has 0 spiro atoms. The van der Waals surface area contributed by atoms with Crippen LogP contribution in [-0.4, -0.2) is 48.7 Å². The number of nitrogens with one attached hydrogen (secondary N) is 1. The number of aromatic nitrogens is 1. The van der Waals surface area contributed by atoms with Crippen molar-refractivity contribution in [2.45, 2.75) is 6.92 Å². The molecule has 3 rings (SSSR count). The van der Waals surface area contributed by atoms with Crippen LogP contribution in [0.25, 0.3) is 11.1 Å². The molecular weight excluding hydrogens is 318 g/mol. The van der Waals surface area contributed by atoms with Gasteiger partial charge in [-0.3, -0.25) is 9.59 Å². The van der Waals surface area contributed by atoms with E-state index in [0.29, 0.717) is 30.0 Å². The van der Waals surface area contributed by atoms with E-state index in [0.717, 1.165) is 24.2 Å². The summed E-state index contributed by atoms with van der Waals surface area (Å²) in [5.41, 5.74) is 3.01. The molecule has 6 heteroatoms. The lowest BCUT2D eigenvalue weighted by molar-refractivity contribution is 0.0735. The van der Waals surface area contributed by atoms with Crippen molar-refractivity contribution in [3.05, 3.63) is 51.9 Å². The van der Waals surface area contributed by atoms with Crippen molar-refractivity contribution in [1.29, 1.82) is 0 Å². The molecule has 1 fully saturated rings. The maximum atomic E-state index is 12.7. The van der Waals surface area contributed by atoms with Crippen LogP contribution >= 0.6 is 0 Å². The van der Waals surface area contributed by atoms with E-state index in [2.05, 4.69) is 5.32 Å². The zero-order valence-electron chi connectivity index (χ0n) is 14.8. The molecule has 0 unspecified atom stereocenters. The summed E-state index contributed by atoms with van der Waals surface area (Å²) in [7, 11) is 3.32. The molecule has 0 atom stereocenters. The van der Waals surface area contributed by atoms with Crippen molar-refractivity contribution in [2.75, 3.05) is 33.3 Å². The first-order valence-corrected chi connectivity index (χ1v) is 8.37. The molecule has 0 aliphatic carbocycles. The number of hydrogen-bond acceptors (Lipinski definition) is 4. The summed E-state index contributed by atoms with van der Waals surface area (Å²) in [5, 5.41) is 3.24. The van der Waals surface area contributed by atoms with Crippen LogP contribution in [0.5, 0.6) is 5.75 Å². The van der Waals surface area contributed by atoms with Gasteiger partial charge in [-0.2, -0.15) is 0 Å². The fourth-order valence-corrected chi connectivity index (χ4v) is 3.14. The van der Waals surface area contributed by atoms with E-state index in [4.69, 9.17) is 4.74 Å². The lowest BCUT2D eigenvalue weighted by Crippen LogP contribution is -2.46. The minimum atomic E-state index is -0.0202. The van der Waals surface area contributed by atoms with Crippen LogP contribution in [0.1, 0.15) is 15.9 Å². The van der Waals surface area contributed by atoms with Crippen molar-refractivity contribution < 1.29 is 9.53 Å². The van der Waals surface area contributed by atoms with Crippen molar-refractivity contribution in [1.82, 2.24) is 14.8 Å². The number of amides is 1. The number of benzene rings is 1. The topological polar surface area (TPSA) is 63.6 Å². The molecule has 132 valence electrons. The van der Waals surface area contributed by atoms with Crippen molar-refractivity contribution in [3.8, 4) is 16.9 Å². The molecule has 6 nitrogen and oxygen atoms in total. The number of methoxy groups -OCH3 is 1. The van der Waals surface area contributed by atoms with Gasteiger partial charge < -0.3 is 19.5 Å². The highest BCUT2D eigenvalue weighted by atomic mass is 16.5. The smallest absolute Gasteiger partial charge is 0.254 e. The highest BCUT2D eigenvalue weighted by molar-refractivity contribution is 5.95. The normalized spacial score (nSPS) is 14.4. The van der Waals surface area contributed by atoms with Crippen LogP contribution in [0.2, 0.25) is 0 Å². The van der Waals surface area contributed by atoms with Gasteiger partial charge in [0, 0.05) is 61.7 Å². The number of piperazine rings is 1. The van der Waals surface area contributed by atoms with Crippen LogP contribution in [-0.2, 0) is 7.05 Å². The summed E-state index contributed by atoms with van der Waals surface area (Å²) in [5.74, 6) is 0.641. The number of nitrogens with zero attached hydrogens (tertiary/aromatic N) is 2. The molecule has 1 N–H and O–H groups in total. The Kier molecular flexibility index (Phi) is 4.90. The van der Waals surface area contributed by atoms with Gasteiger partial charge in [-0.1, -0.05) is 0 Å². The summed E-state index contributed by atoms with van der Waals surface area (Å²) in [6.07, 6.45) is 1.78. The SMILES string of the molecule is COc1cc(C(=O)N2CCNCC2)ccc1-c1cc(C)c(=O)n(C)c1. The van der Waals surface area contributed by atoms with Gasteiger partial charge in [0.15, 0.2) is 0 Å². The third-order valence-corrected chi connectivity index (χ3v) is 4.53. The Morgan fingerprint density at radius 3 is 2.56 bits per heavy atom. The van der Waals surface area contributed by atoms with Gasteiger partial charge in [-0.25, -0.2) is 0 Å². The van der Waals surface area contributed by atoms with Crippen LogP contribution in [0.4, 0.5) is 0 Å². The average molecular weight is 341 g/mol. The van der Waals surface area contributed by atoms with Gasteiger partial charge in [0.05, 0.1) is 7.11 Å². The predicted octanol–water partition coefficient (Wildman–Crippen LogP) is 1.41. The molecule has 25 heavy (non-hydrogen) atoms. The van der Waals surface area contributed by atoms with Gasteiger partial charge in [0.25, 0.3) is 11.5 Å². The number of hydrogen-bond donors (Lipinski definition) is 1. The molecule has 2 heterocycles. The fraction of sp³-hybridized carbons (Fsp3) is 0.368. The summed E-state index contributed by atoms with van der Waals surface area (Å²) in [6, 6.07) is 7.33. The molecular formula is C19H23N3O3. The Balaban J connectivity index is 1.97. The molecule has 1 aromatic carbocycles. The lowest BCUT2D eigenvalue weighted by atomic mass is 10.0. The Morgan fingerprint density at radius 1 is 1.20 bits per heavy atom. The van der Waals surface area contributed by atoms with Gasteiger partial charge in [0.2, 0.25) is 0 Å². The molecule has 0 bridgehead atoms. The first-order valence-electron chi connectivity index (χ1n) is 8.37. The number of aryl methyl sites for hydroxylation is 2. The zero-order chi connectivity index (χ0) is 18.0. The van der Waals surface area contributed by atoms with Crippen LogP contribution in [0.3, 0.4) is 0 Å². The van der Waals surface area contributed by atoms with Crippen molar-refractivity contribution in [3.63, 3.8) is 0 Å². The highest BCUT2D eigenvalue weighted by Gasteiger charge is 2.19. The number of pyridine rings is 1. The summed E-state index contributed by atoms with van der Waals surface area (Å²) < 4.78 is 7.08. The fourth-order valence-electron chi connectivity index (χ4n) is 3.14. The summed E-state index contributed by atoms with van der Waals surface area (Å²) in [4.78, 5) is 26.4. The monoisotopic (exact) mass is 341 g/mol. The largest absolute Gasteiger partial charge is 0.496 e. The second-order valence-electron chi connectivity index (χ2n) is 6.29. The van der Waals surface area contributed by atoms with Crippen molar-refractivity contribution in [2.24, 2.45) is 7.05 Å². The van der Waals surface area contributed by atoms with Crippen LogP contribution in [0.15, 0.2) is 35.3 Å². The van der Waals surface area contributed by atoms with Gasteiger partial charge in [-0.15, -0.1) is 0 Å². The minimum absolute atomic E-state index is 0.0167. The van der Waals surface area contributed by atoms with Gasteiger partial charge in [0.1, 0.15) is 5.75 Å². The number of rotatable bonds is 3. The van der Waals surface area contributed by atoms with E-state index in [1.165, 1.54) is 0 Å². The molecule has 2 aromatic rings. The maximum absolute atomic E-state index is 12.7. The molecule has 0 saturated carbocycles. The standard InChI is InChI=1S/C19H23N3O3/c1-13-10-15(12-21(2)18(13)23)16-5-4-14(11-17(16)25-3)19(24)22-8-6-20-7-9-22/h4-5,10-12,20H,6-9H2,1-3H3. The number of carbonyl (C=O) groups excluding carboxylic acids is 1.